The van der Waals surface area contributed by atoms with Gasteiger partial charge in [0.1, 0.15) is 0 Å². The molecule has 0 spiro atoms. The number of aromatic hydroxyl groups is 1. The van der Waals surface area contributed by atoms with E-state index in [4.69, 9.17) is 14.2 Å². The van der Waals surface area contributed by atoms with Crippen molar-refractivity contribution in [3.05, 3.63) is 62.0 Å². The summed E-state index contributed by atoms with van der Waals surface area (Å²) in [4.78, 5) is 23.2. The van der Waals surface area contributed by atoms with Gasteiger partial charge in [-0.2, -0.15) is 0 Å². The van der Waals surface area contributed by atoms with Crippen LogP contribution in [0.15, 0.2) is 30.3 Å². The first-order valence-electron chi connectivity index (χ1n) is 8.66. The molecule has 0 unspecified atom stereocenters. The molecule has 160 valence electrons. The van der Waals surface area contributed by atoms with Gasteiger partial charge in [0.2, 0.25) is 5.75 Å². The molecular formula is C20H20NO9-. The van der Waals surface area contributed by atoms with Crippen LogP contribution in [0.25, 0.3) is 11.7 Å². The summed E-state index contributed by atoms with van der Waals surface area (Å²) in [7, 11) is 2.40. The van der Waals surface area contributed by atoms with Crippen molar-refractivity contribution >= 4 is 23.4 Å². The zero-order chi connectivity index (χ0) is 22.6. The number of phenols is 1. The maximum atomic E-state index is 13.1. The molecule has 2 aromatic carbocycles. The third-order valence-electron chi connectivity index (χ3n) is 4.02. The van der Waals surface area contributed by atoms with Crippen LogP contribution in [0.1, 0.15) is 29.8 Å². The molecule has 0 saturated carbocycles. The zero-order valence-electron chi connectivity index (χ0n) is 16.7. The molecule has 0 fully saturated rings. The Morgan fingerprint density at radius 3 is 2.17 bits per heavy atom. The summed E-state index contributed by atoms with van der Waals surface area (Å²) in [5, 5.41) is 44.9. The lowest BCUT2D eigenvalue weighted by molar-refractivity contribution is -0.387. The highest BCUT2D eigenvalue weighted by Crippen LogP contribution is 2.42. The fraction of sp³-hybridized carbons (Fsp3) is 0.250. The maximum absolute atomic E-state index is 13.1. The fourth-order valence-electron chi connectivity index (χ4n) is 2.66. The van der Waals surface area contributed by atoms with E-state index in [0.29, 0.717) is 0 Å². The summed E-state index contributed by atoms with van der Waals surface area (Å²) in [5.41, 5.74) is -2.05. The Balaban J connectivity index is 2.92. The molecule has 0 radical (unpaired) electrons. The summed E-state index contributed by atoms with van der Waals surface area (Å²) < 4.78 is 14.7. The van der Waals surface area contributed by atoms with Crippen LogP contribution in [0.4, 0.5) is 5.69 Å². The van der Waals surface area contributed by atoms with Gasteiger partial charge in [-0.05, 0) is 37.3 Å². The SMILES string of the molecule is COC(O)=c1ccc(=C([O-])c2c(C(=O)OC(C)C)cc(OC)c(O)c2[N+](=O)[O-])cc1. The van der Waals surface area contributed by atoms with E-state index in [-0.39, 0.29) is 22.1 Å². The van der Waals surface area contributed by atoms with Crippen LogP contribution in [0.5, 0.6) is 11.5 Å². The number of methoxy groups -OCH3 is 2. The second-order valence-electron chi connectivity index (χ2n) is 6.33. The first kappa shape index (κ1) is 22.3. The minimum Gasteiger partial charge on any atom is -0.871 e. The quantitative estimate of drug-likeness (QED) is 0.391. The van der Waals surface area contributed by atoms with Crippen LogP contribution >= 0.6 is 0 Å². The summed E-state index contributed by atoms with van der Waals surface area (Å²) in [6, 6.07) is 6.30. The molecule has 0 amide bonds. The fourth-order valence-corrected chi connectivity index (χ4v) is 2.66. The van der Waals surface area contributed by atoms with Gasteiger partial charge in [0.15, 0.2) is 5.75 Å². The van der Waals surface area contributed by atoms with Gasteiger partial charge in [0, 0.05) is 0 Å². The molecule has 0 aromatic heterocycles. The van der Waals surface area contributed by atoms with E-state index in [1.165, 1.54) is 31.4 Å². The molecule has 0 heterocycles. The molecule has 0 aliphatic heterocycles. The molecule has 30 heavy (non-hydrogen) atoms. The zero-order valence-corrected chi connectivity index (χ0v) is 16.7. The number of nitro benzene ring substituents is 1. The largest absolute Gasteiger partial charge is 0.871 e. The number of benzene rings is 2. The Hall–Kier alpha value is -3.95. The van der Waals surface area contributed by atoms with Gasteiger partial charge in [-0.3, -0.25) is 10.1 Å². The second kappa shape index (κ2) is 9.03. The van der Waals surface area contributed by atoms with Crippen LogP contribution in [0.2, 0.25) is 0 Å². The molecule has 0 saturated heterocycles. The highest BCUT2D eigenvalue weighted by molar-refractivity contribution is 5.98. The van der Waals surface area contributed by atoms with Crippen molar-refractivity contribution in [1.29, 1.82) is 0 Å². The van der Waals surface area contributed by atoms with E-state index in [1.807, 2.05) is 0 Å². The van der Waals surface area contributed by atoms with Crippen LogP contribution < -0.4 is 20.3 Å². The minimum atomic E-state index is -0.989. The molecule has 0 atom stereocenters. The molecule has 2 aromatic rings. The van der Waals surface area contributed by atoms with Crippen molar-refractivity contribution in [3.63, 3.8) is 0 Å². The summed E-state index contributed by atoms with van der Waals surface area (Å²) >= 11 is 0. The van der Waals surface area contributed by atoms with Crippen molar-refractivity contribution in [2.75, 3.05) is 14.2 Å². The van der Waals surface area contributed by atoms with E-state index >= 15 is 0 Å². The number of carbonyl (C=O) groups excluding carboxylic acids is 1. The number of ether oxygens (including phenoxy) is 3. The van der Waals surface area contributed by atoms with Gasteiger partial charge in [-0.15, -0.1) is 0 Å². The molecule has 2 N–H and O–H groups in total. The van der Waals surface area contributed by atoms with Crippen molar-refractivity contribution in [1.82, 2.24) is 0 Å². The average molecular weight is 418 g/mol. The third kappa shape index (κ3) is 4.37. The standard InChI is InChI=1S/C20H21NO9/c1-10(2)30-20(25)13-9-14(28-3)18(23)16(21(26)27)15(13)17(22)11-5-7-12(8-6-11)19(24)29-4/h5-10,22-24H,1-4H3/p-1. The Morgan fingerprint density at radius 2 is 1.70 bits per heavy atom. The normalized spacial score (nSPS) is 10.4. The number of carbonyl (C=O) groups is 1. The summed E-state index contributed by atoms with van der Waals surface area (Å²) in [6.07, 6.45) is -0.564. The molecule has 10 nitrogen and oxygen atoms in total. The molecule has 10 heteroatoms. The number of hydrogen-bond acceptors (Lipinski definition) is 9. The number of rotatable bonds is 6. The third-order valence-corrected chi connectivity index (χ3v) is 4.02. The monoisotopic (exact) mass is 418 g/mol. The van der Waals surface area contributed by atoms with Crippen molar-refractivity contribution in [2.24, 2.45) is 0 Å². The minimum absolute atomic E-state index is 0.0334. The van der Waals surface area contributed by atoms with Crippen LogP contribution in [0, 0.1) is 10.1 Å². The number of esters is 1. The first-order chi connectivity index (χ1) is 14.1. The Kier molecular flexibility index (Phi) is 6.73. The smallest absolute Gasteiger partial charge is 0.339 e. The number of hydrogen-bond donors (Lipinski definition) is 2. The number of phenolic OH excluding ortho intramolecular Hbond substituents is 1. The van der Waals surface area contributed by atoms with E-state index in [9.17, 15) is 30.2 Å². The van der Waals surface area contributed by atoms with E-state index in [0.717, 1.165) is 13.2 Å². The lowest BCUT2D eigenvalue weighted by Crippen LogP contribution is -2.23. The molecular weight excluding hydrogens is 398 g/mol. The van der Waals surface area contributed by atoms with Gasteiger partial charge in [0.05, 0.1) is 41.6 Å². The highest BCUT2D eigenvalue weighted by atomic mass is 16.6. The predicted molar refractivity (Wildman–Crippen MR) is 103 cm³/mol. The number of aliphatic hydroxyl groups excluding tert-OH is 1. The Labute approximate surface area is 171 Å². The Bertz CT molecular complexity index is 1080. The molecule has 2 rings (SSSR count). The number of aliphatic hydroxyl groups is 1. The maximum Gasteiger partial charge on any atom is 0.339 e. The molecule has 0 aliphatic rings. The van der Waals surface area contributed by atoms with E-state index in [2.05, 4.69) is 0 Å². The average Bonchev–Trinajstić information content (AvgIpc) is 2.71. The Morgan fingerprint density at radius 1 is 1.13 bits per heavy atom. The lowest BCUT2D eigenvalue weighted by Gasteiger charge is -2.19. The van der Waals surface area contributed by atoms with Gasteiger partial charge >= 0.3 is 11.7 Å². The van der Waals surface area contributed by atoms with Gasteiger partial charge in [-0.25, -0.2) is 4.79 Å². The molecule has 0 bridgehead atoms. The lowest BCUT2D eigenvalue weighted by atomic mass is 10.00. The number of nitro groups is 1. The topological polar surface area (TPSA) is 151 Å². The van der Waals surface area contributed by atoms with Crippen molar-refractivity contribution in [2.45, 2.75) is 20.0 Å². The van der Waals surface area contributed by atoms with E-state index in [1.54, 1.807) is 13.8 Å². The summed E-state index contributed by atoms with van der Waals surface area (Å²) in [6.45, 7) is 3.14. The van der Waals surface area contributed by atoms with Gasteiger partial charge in [0.25, 0.3) is 5.95 Å². The number of nitrogens with zero attached hydrogens (tertiary/aromatic N) is 1. The van der Waals surface area contributed by atoms with Crippen LogP contribution in [-0.2, 0) is 9.47 Å². The molecule has 0 aliphatic carbocycles. The van der Waals surface area contributed by atoms with Crippen LogP contribution in [-0.4, -0.2) is 41.4 Å². The van der Waals surface area contributed by atoms with Crippen molar-refractivity contribution < 1.29 is 39.2 Å². The van der Waals surface area contributed by atoms with Gasteiger partial charge < -0.3 is 29.5 Å². The second-order valence-corrected chi connectivity index (χ2v) is 6.33. The highest BCUT2D eigenvalue weighted by Gasteiger charge is 2.30. The van der Waals surface area contributed by atoms with Gasteiger partial charge in [-0.1, -0.05) is 17.9 Å². The van der Waals surface area contributed by atoms with E-state index < -0.39 is 45.3 Å². The summed E-state index contributed by atoms with van der Waals surface area (Å²) in [5.74, 6) is -3.53. The van der Waals surface area contributed by atoms with Crippen LogP contribution in [0.3, 0.4) is 0 Å². The predicted octanol–water partition coefficient (Wildman–Crippen LogP) is 0.661. The first-order valence-corrected chi connectivity index (χ1v) is 8.66. The van der Waals surface area contributed by atoms with Crippen molar-refractivity contribution in [3.8, 4) is 11.5 Å².